The third kappa shape index (κ3) is 6.34. The van der Waals surface area contributed by atoms with Gasteiger partial charge in [-0.1, -0.05) is 41.9 Å². The Balaban J connectivity index is 1.76. The van der Waals surface area contributed by atoms with Crippen LogP contribution in [0, 0.1) is 0 Å². The zero-order chi connectivity index (χ0) is 24.0. The zero-order valence-electron chi connectivity index (χ0n) is 18.1. The normalized spacial score (nSPS) is 11.0. The molecule has 0 aromatic heterocycles. The van der Waals surface area contributed by atoms with Crippen molar-refractivity contribution in [2.24, 2.45) is 0 Å². The minimum absolute atomic E-state index is 0.174. The predicted molar refractivity (Wildman–Crippen MR) is 129 cm³/mol. The molecule has 0 aliphatic rings. The van der Waals surface area contributed by atoms with Crippen molar-refractivity contribution in [3.05, 3.63) is 94.5 Å². The molecular formula is C24H23ClN2O5S. The second-order valence-electron chi connectivity index (χ2n) is 7.17. The van der Waals surface area contributed by atoms with Crippen molar-refractivity contribution in [1.29, 1.82) is 0 Å². The number of halogens is 1. The van der Waals surface area contributed by atoms with Crippen LogP contribution in [0.15, 0.2) is 72.8 Å². The van der Waals surface area contributed by atoms with Gasteiger partial charge in [0.2, 0.25) is 10.0 Å². The monoisotopic (exact) mass is 486 g/mol. The summed E-state index contributed by atoms with van der Waals surface area (Å²) in [5.74, 6) is -0.930. The Morgan fingerprint density at radius 3 is 2.18 bits per heavy atom. The van der Waals surface area contributed by atoms with E-state index in [0.717, 1.165) is 11.8 Å². The van der Waals surface area contributed by atoms with Crippen molar-refractivity contribution in [2.75, 3.05) is 22.5 Å². The number of carbonyl (C=O) groups is 2. The van der Waals surface area contributed by atoms with Crippen molar-refractivity contribution in [2.45, 2.75) is 13.5 Å². The van der Waals surface area contributed by atoms with Gasteiger partial charge in [-0.15, -0.1) is 0 Å². The molecule has 0 aliphatic carbocycles. The minimum atomic E-state index is -3.54. The molecule has 0 spiro atoms. The first-order valence-corrected chi connectivity index (χ1v) is 12.3. The molecule has 3 aromatic rings. The lowest BCUT2D eigenvalue weighted by Gasteiger charge is -2.22. The summed E-state index contributed by atoms with van der Waals surface area (Å²) in [6.07, 6.45) is 1.14. The van der Waals surface area contributed by atoms with Gasteiger partial charge in [-0.3, -0.25) is 9.10 Å². The molecule has 0 saturated carbocycles. The van der Waals surface area contributed by atoms with Crippen LogP contribution < -0.4 is 9.62 Å². The Kier molecular flexibility index (Phi) is 7.73. The summed E-state index contributed by atoms with van der Waals surface area (Å²) in [7, 11) is -3.54. The number of amides is 1. The molecule has 0 radical (unpaired) electrons. The van der Waals surface area contributed by atoms with E-state index in [1.807, 2.05) is 30.3 Å². The number of carbonyl (C=O) groups excluding carboxylic acids is 2. The van der Waals surface area contributed by atoms with E-state index in [-0.39, 0.29) is 23.7 Å². The molecular weight excluding hydrogens is 464 g/mol. The van der Waals surface area contributed by atoms with Gasteiger partial charge in [0.1, 0.15) is 0 Å². The molecule has 7 nitrogen and oxygen atoms in total. The quantitative estimate of drug-likeness (QED) is 0.464. The molecule has 9 heteroatoms. The second-order valence-corrected chi connectivity index (χ2v) is 9.49. The first-order chi connectivity index (χ1) is 15.7. The number of nitrogens with zero attached hydrogens (tertiary/aromatic N) is 1. The van der Waals surface area contributed by atoms with E-state index in [4.69, 9.17) is 16.3 Å². The summed E-state index contributed by atoms with van der Waals surface area (Å²) in [4.78, 5) is 24.5. The highest BCUT2D eigenvalue weighted by Crippen LogP contribution is 2.25. The Bertz CT molecular complexity index is 1250. The fourth-order valence-electron chi connectivity index (χ4n) is 3.08. The number of sulfonamides is 1. The van der Waals surface area contributed by atoms with Crippen LogP contribution >= 0.6 is 11.6 Å². The van der Waals surface area contributed by atoms with E-state index in [0.29, 0.717) is 16.9 Å². The maximum absolute atomic E-state index is 12.7. The van der Waals surface area contributed by atoms with Crippen LogP contribution in [0.1, 0.15) is 33.2 Å². The smallest absolute Gasteiger partial charge is 0.338 e. The molecule has 0 atom stereocenters. The summed E-state index contributed by atoms with van der Waals surface area (Å²) < 4.78 is 30.9. The van der Waals surface area contributed by atoms with E-state index in [9.17, 15) is 18.0 Å². The largest absolute Gasteiger partial charge is 0.462 e. The topological polar surface area (TPSA) is 92.8 Å². The fourth-order valence-corrected chi connectivity index (χ4v) is 4.20. The number of hydrogen-bond acceptors (Lipinski definition) is 5. The van der Waals surface area contributed by atoms with Crippen LogP contribution in [0.3, 0.4) is 0 Å². The molecule has 33 heavy (non-hydrogen) atoms. The number of nitrogens with one attached hydrogen (secondary N) is 1. The third-order valence-corrected chi connectivity index (χ3v) is 6.17. The first-order valence-electron chi connectivity index (χ1n) is 10.1. The maximum atomic E-state index is 12.7. The van der Waals surface area contributed by atoms with Crippen LogP contribution in [0.25, 0.3) is 0 Å². The van der Waals surface area contributed by atoms with Crippen molar-refractivity contribution in [1.82, 2.24) is 0 Å². The van der Waals surface area contributed by atoms with Gasteiger partial charge in [-0.05, 0) is 55.0 Å². The van der Waals surface area contributed by atoms with E-state index < -0.39 is 21.9 Å². The zero-order valence-corrected chi connectivity index (χ0v) is 19.7. The minimum Gasteiger partial charge on any atom is -0.462 e. The first kappa shape index (κ1) is 24.3. The standard InChI is InChI=1S/C24H23ClN2O5S/c1-3-32-24(29)19-11-14-22(21(25)15-19)26-23(28)18-9-12-20(13-10-18)27(33(2,30)31)16-17-7-5-4-6-8-17/h4-15H,3,16H2,1-2H3,(H,26,28). The number of benzene rings is 3. The summed E-state index contributed by atoms with van der Waals surface area (Å²) >= 11 is 6.20. The molecule has 3 aromatic carbocycles. The molecule has 0 unspecified atom stereocenters. The van der Waals surface area contributed by atoms with E-state index in [1.54, 1.807) is 19.1 Å². The van der Waals surface area contributed by atoms with E-state index in [1.165, 1.54) is 34.6 Å². The molecule has 0 fully saturated rings. The summed E-state index contributed by atoms with van der Waals surface area (Å²) in [5.41, 5.74) is 2.21. The summed E-state index contributed by atoms with van der Waals surface area (Å²) in [6, 6.07) is 19.9. The third-order valence-electron chi connectivity index (χ3n) is 4.72. The van der Waals surface area contributed by atoms with Crippen molar-refractivity contribution >= 4 is 44.9 Å². The highest BCUT2D eigenvalue weighted by molar-refractivity contribution is 7.92. The van der Waals surface area contributed by atoms with Gasteiger partial charge in [-0.2, -0.15) is 0 Å². The molecule has 172 valence electrons. The number of hydrogen-bond donors (Lipinski definition) is 1. The van der Waals surface area contributed by atoms with Crippen LogP contribution in [-0.2, 0) is 21.3 Å². The van der Waals surface area contributed by atoms with Gasteiger partial charge >= 0.3 is 5.97 Å². The molecule has 0 bridgehead atoms. The molecule has 0 heterocycles. The fraction of sp³-hybridized carbons (Fsp3) is 0.167. The molecule has 0 saturated heterocycles. The van der Waals surface area contributed by atoms with Crippen molar-refractivity contribution in [3.8, 4) is 0 Å². The number of rotatable bonds is 8. The number of ether oxygens (including phenoxy) is 1. The van der Waals surface area contributed by atoms with E-state index in [2.05, 4.69) is 5.32 Å². The predicted octanol–water partition coefficient (Wildman–Crippen LogP) is 4.74. The highest BCUT2D eigenvalue weighted by Gasteiger charge is 2.19. The van der Waals surface area contributed by atoms with E-state index >= 15 is 0 Å². The summed E-state index contributed by atoms with van der Waals surface area (Å²) in [6.45, 7) is 2.12. The molecule has 1 N–H and O–H groups in total. The van der Waals surface area contributed by atoms with Gasteiger partial charge in [0.05, 0.1) is 41.4 Å². The van der Waals surface area contributed by atoms with Gasteiger partial charge in [0.15, 0.2) is 0 Å². The molecule has 1 amide bonds. The Labute approximate surface area is 198 Å². The van der Waals surface area contributed by atoms with Crippen molar-refractivity contribution in [3.63, 3.8) is 0 Å². The number of anilines is 2. The Morgan fingerprint density at radius 2 is 1.61 bits per heavy atom. The Morgan fingerprint density at radius 1 is 0.970 bits per heavy atom. The van der Waals surface area contributed by atoms with Crippen LogP contribution in [0.5, 0.6) is 0 Å². The lowest BCUT2D eigenvalue weighted by atomic mass is 10.1. The van der Waals surface area contributed by atoms with Gasteiger partial charge in [0, 0.05) is 5.56 Å². The molecule has 0 aliphatic heterocycles. The Hall–Kier alpha value is -3.36. The second kappa shape index (κ2) is 10.5. The van der Waals surface area contributed by atoms with Crippen LogP contribution in [0.2, 0.25) is 5.02 Å². The van der Waals surface area contributed by atoms with Crippen LogP contribution in [0.4, 0.5) is 11.4 Å². The highest BCUT2D eigenvalue weighted by atomic mass is 35.5. The van der Waals surface area contributed by atoms with Crippen molar-refractivity contribution < 1.29 is 22.7 Å². The maximum Gasteiger partial charge on any atom is 0.338 e. The SMILES string of the molecule is CCOC(=O)c1ccc(NC(=O)c2ccc(N(Cc3ccccc3)S(C)(=O)=O)cc2)c(Cl)c1. The average Bonchev–Trinajstić information content (AvgIpc) is 2.79. The van der Waals surface area contributed by atoms with Gasteiger partial charge < -0.3 is 10.1 Å². The lowest BCUT2D eigenvalue weighted by molar-refractivity contribution is 0.0526. The van der Waals surface area contributed by atoms with Gasteiger partial charge in [0.25, 0.3) is 5.91 Å². The summed E-state index contributed by atoms with van der Waals surface area (Å²) in [5, 5.41) is 2.88. The number of esters is 1. The average molecular weight is 487 g/mol. The molecule has 3 rings (SSSR count). The van der Waals surface area contributed by atoms with Crippen LogP contribution in [-0.4, -0.2) is 33.2 Å². The lowest BCUT2D eigenvalue weighted by Crippen LogP contribution is -2.29. The van der Waals surface area contributed by atoms with Gasteiger partial charge in [-0.25, -0.2) is 13.2 Å².